The van der Waals surface area contributed by atoms with E-state index in [4.69, 9.17) is 13.9 Å². The highest BCUT2D eigenvalue weighted by atomic mass is 16.5. The number of hydrogen-bond acceptors (Lipinski definition) is 4. The number of fused-ring (bicyclic) bond motifs is 1. The summed E-state index contributed by atoms with van der Waals surface area (Å²) in [7, 11) is 1.61. The molecular weight excluding hydrogens is 352 g/mol. The lowest BCUT2D eigenvalue weighted by Gasteiger charge is -2.12. The van der Waals surface area contributed by atoms with Crippen LogP contribution in [0.3, 0.4) is 0 Å². The summed E-state index contributed by atoms with van der Waals surface area (Å²) in [4.78, 5) is 13.1. The Morgan fingerprint density at radius 2 is 1.71 bits per heavy atom. The number of para-hydroxylation sites is 1. The number of ether oxygens (including phenoxy) is 2. The van der Waals surface area contributed by atoms with Gasteiger partial charge in [0, 0.05) is 5.56 Å². The zero-order valence-electron chi connectivity index (χ0n) is 15.8. The van der Waals surface area contributed by atoms with Crippen LogP contribution in [0, 0.1) is 6.92 Å². The van der Waals surface area contributed by atoms with E-state index in [0.717, 1.165) is 22.4 Å². The average Bonchev–Trinajstić information content (AvgIpc) is 2.73. The molecule has 0 aliphatic rings. The van der Waals surface area contributed by atoms with Crippen LogP contribution in [0.25, 0.3) is 22.3 Å². The summed E-state index contributed by atoms with van der Waals surface area (Å²) in [6.07, 6.45) is 0. The molecule has 0 saturated carbocycles. The molecule has 0 spiro atoms. The first-order valence-corrected chi connectivity index (χ1v) is 9.04. The third-order valence-electron chi connectivity index (χ3n) is 4.57. The Morgan fingerprint density at radius 3 is 2.46 bits per heavy atom. The van der Waals surface area contributed by atoms with Gasteiger partial charge in [-0.05, 0) is 48.9 Å². The number of benzene rings is 3. The average molecular weight is 372 g/mol. The first kappa shape index (κ1) is 17.9. The van der Waals surface area contributed by atoms with E-state index in [-0.39, 0.29) is 17.8 Å². The standard InChI is InChI=1S/C24H20O4/c1-16-6-5-7-17(14-16)15-27-24-22(25)20-8-3-4-9-21(20)28-23(24)18-10-12-19(26-2)13-11-18/h3-14H,15H2,1-2H3. The van der Waals surface area contributed by atoms with Crippen molar-refractivity contribution in [1.82, 2.24) is 0 Å². The van der Waals surface area contributed by atoms with E-state index < -0.39 is 0 Å². The van der Waals surface area contributed by atoms with Crippen molar-refractivity contribution in [1.29, 1.82) is 0 Å². The highest BCUT2D eigenvalue weighted by Gasteiger charge is 2.18. The molecule has 0 aliphatic heterocycles. The molecule has 4 aromatic rings. The Labute approximate surface area is 163 Å². The van der Waals surface area contributed by atoms with E-state index >= 15 is 0 Å². The number of hydrogen-bond donors (Lipinski definition) is 0. The smallest absolute Gasteiger partial charge is 0.235 e. The molecule has 0 unspecified atom stereocenters. The maximum atomic E-state index is 13.1. The van der Waals surface area contributed by atoms with Crippen molar-refractivity contribution in [3.8, 4) is 22.8 Å². The minimum atomic E-state index is -0.180. The lowest BCUT2D eigenvalue weighted by Crippen LogP contribution is -2.10. The molecule has 0 saturated heterocycles. The van der Waals surface area contributed by atoms with E-state index in [1.54, 1.807) is 19.2 Å². The predicted molar refractivity (Wildman–Crippen MR) is 110 cm³/mol. The van der Waals surface area contributed by atoms with Crippen molar-refractivity contribution in [3.05, 3.63) is 94.1 Å². The van der Waals surface area contributed by atoms with Gasteiger partial charge in [-0.25, -0.2) is 0 Å². The van der Waals surface area contributed by atoms with Gasteiger partial charge in [-0.2, -0.15) is 0 Å². The summed E-state index contributed by atoms with van der Waals surface area (Å²) < 4.78 is 17.3. The Bertz CT molecular complexity index is 1170. The van der Waals surface area contributed by atoms with E-state index in [1.807, 2.05) is 67.6 Å². The molecule has 0 bridgehead atoms. The minimum Gasteiger partial charge on any atom is -0.497 e. The number of aryl methyl sites for hydroxylation is 1. The predicted octanol–water partition coefficient (Wildman–Crippen LogP) is 5.36. The van der Waals surface area contributed by atoms with E-state index in [1.165, 1.54) is 0 Å². The zero-order valence-corrected chi connectivity index (χ0v) is 15.8. The Balaban J connectivity index is 1.81. The summed E-state index contributed by atoms with van der Waals surface area (Å²) in [5, 5.41) is 0.499. The maximum absolute atomic E-state index is 13.1. The first-order chi connectivity index (χ1) is 13.7. The van der Waals surface area contributed by atoms with Gasteiger partial charge in [-0.15, -0.1) is 0 Å². The number of methoxy groups -OCH3 is 1. The van der Waals surface area contributed by atoms with Gasteiger partial charge in [-0.3, -0.25) is 4.79 Å². The van der Waals surface area contributed by atoms with E-state index in [0.29, 0.717) is 16.7 Å². The molecule has 4 nitrogen and oxygen atoms in total. The van der Waals surface area contributed by atoms with E-state index in [2.05, 4.69) is 0 Å². The lowest BCUT2D eigenvalue weighted by molar-refractivity contribution is 0.298. The van der Waals surface area contributed by atoms with Crippen molar-refractivity contribution in [2.24, 2.45) is 0 Å². The van der Waals surface area contributed by atoms with E-state index in [9.17, 15) is 4.79 Å². The highest BCUT2D eigenvalue weighted by Crippen LogP contribution is 2.32. The van der Waals surface area contributed by atoms with Gasteiger partial charge in [0.05, 0.1) is 12.5 Å². The molecule has 0 radical (unpaired) electrons. The molecular formula is C24H20O4. The summed E-state index contributed by atoms with van der Waals surface area (Å²) >= 11 is 0. The molecule has 1 aromatic heterocycles. The van der Waals surface area contributed by atoms with Crippen LogP contribution in [0.4, 0.5) is 0 Å². The SMILES string of the molecule is COc1ccc(-c2oc3ccccc3c(=O)c2OCc2cccc(C)c2)cc1. The fourth-order valence-corrected chi connectivity index (χ4v) is 3.15. The zero-order chi connectivity index (χ0) is 19.5. The van der Waals surface area contributed by atoms with Gasteiger partial charge in [0.2, 0.25) is 11.2 Å². The molecule has 0 atom stereocenters. The Kier molecular flexibility index (Phi) is 4.85. The van der Waals surface area contributed by atoms with Crippen molar-refractivity contribution in [2.45, 2.75) is 13.5 Å². The largest absolute Gasteiger partial charge is 0.497 e. The van der Waals surface area contributed by atoms with Crippen LogP contribution in [-0.2, 0) is 6.61 Å². The monoisotopic (exact) mass is 372 g/mol. The van der Waals surface area contributed by atoms with Gasteiger partial charge >= 0.3 is 0 Å². The fourth-order valence-electron chi connectivity index (χ4n) is 3.15. The van der Waals surface area contributed by atoms with Crippen LogP contribution < -0.4 is 14.9 Å². The van der Waals surface area contributed by atoms with Gasteiger partial charge in [0.15, 0.2) is 5.76 Å². The molecule has 4 rings (SSSR count). The van der Waals surface area contributed by atoms with Crippen molar-refractivity contribution < 1.29 is 13.9 Å². The summed E-state index contributed by atoms with van der Waals surface area (Å²) in [6.45, 7) is 2.31. The molecule has 3 aromatic carbocycles. The minimum absolute atomic E-state index is 0.180. The summed E-state index contributed by atoms with van der Waals surface area (Å²) in [5.41, 5.74) is 3.24. The van der Waals surface area contributed by atoms with Crippen molar-refractivity contribution in [3.63, 3.8) is 0 Å². The highest BCUT2D eigenvalue weighted by molar-refractivity contribution is 5.82. The lowest BCUT2D eigenvalue weighted by atomic mass is 10.1. The quantitative estimate of drug-likeness (QED) is 0.473. The van der Waals surface area contributed by atoms with Crippen LogP contribution >= 0.6 is 0 Å². The molecule has 0 fully saturated rings. The molecule has 1 heterocycles. The topological polar surface area (TPSA) is 48.7 Å². The molecule has 0 N–H and O–H groups in total. The van der Waals surface area contributed by atoms with Crippen LogP contribution in [-0.4, -0.2) is 7.11 Å². The second-order valence-electron chi connectivity index (χ2n) is 6.59. The van der Waals surface area contributed by atoms with Gasteiger partial charge in [-0.1, -0.05) is 42.0 Å². The van der Waals surface area contributed by atoms with Crippen LogP contribution in [0.1, 0.15) is 11.1 Å². The molecule has 28 heavy (non-hydrogen) atoms. The molecule has 140 valence electrons. The maximum Gasteiger partial charge on any atom is 0.235 e. The number of rotatable bonds is 5. The second-order valence-corrected chi connectivity index (χ2v) is 6.59. The second kappa shape index (κ2) is 7.61. The molecule has 4 heteroatoms. The third-order valence-corrected chi connectivity index (χ3v) is 4.57. The third kappa shape index (κ3) is 3.49. The van der Waals surface area contributed by atoms with Gasteiger partial charge in [0.25, 0.3) is 0 Å². The molecule has 0 aliphatic carbocycles. The summed E-state index contributed by atoms with van der Waals surface area (Å²) in [5.74, 6) is 1.36. The Morgan fingerprint density at radius 1 is 0.929 bits per heavy atom. The first-order valence-electron chi connectivity index (χ1n) is 9.04. The normalized spacial score (nSPS) is 10.8. The Hall–Kier alpha value is -3.53. The van der Waals surface area contributed by atoms with Gasteiger partial charge in [0.1, 0.15) is 17.9 Å². The summed E-state index contributed by atoms with van der Waals surface area (Å²) in [6, 6.07) is 22.6. The van der Waals surface area contributed by atoms with Crippen molar-refractivity contribution in [2.75, 3.05) is 7.11 Å². The fraction of sp³-hybridized carbons (Fsp3) is 0.125. The molecule has 0 amide bonds. The van der Waals surface area contributed by atoms with Crippen LogP contribution in [0.5, 0.6) is 11.5 Å². The van der Waals surface area contributed by atoms with Crippen LogP contribution in [0.2, 0.25) is 0 Å². The van der Waals surface area contributed by atoms with Gasteiger partial charge < -0.3 is 13.9 Å². The van der Waals surface area contributed by atoms with Crippen molar-refractivity contribution >= 4 is 11.0 Å². The van der Waals surface area contributed by atoms with Crippen LogP contribution in [0.15, 0.2) is 82.0 Å².